The van der Waals surface area contributed by atoms with Gasteiger partial charge >= 0.3 is 12.2 Å². The van der Waals surface area contributed by atoms with Crippen molar-refractivity contribution in [2.75, 3.05) is 13.1 Å². The summed E-state index contributed by atoms with van der Waals surface area (Å²) in [5, 5.41) is 2.29. The zero-order chi connectivity index (χ0) is 36.3. The molecule has 3 aliphatic heterocycles. The van der Waals surface area contributed by atoms with Crippen molar-refractivity contribution in [1.82, 2.24) is 29.7 Å². The predicted octanol–water partition coefficient (Wildman–Crippen LogP) is 9.55. The highest BCUT2D eigenvalue weighted by atomic mass is 32.2. The summed E-state index contributed by atoms with van der Waals surface area (Å²) in [6.07, 6.45) is 4.93. The molecule has 3 saturated heterocycles. The van der Waals surface area contributed by atoms with E-state index in [1.165, 1.54) is 0 Å². The Morgan fingerprint density at radius 2 is 1.60 bits per heavy atom. The van der Waals surface area contributed by atoms with Crippen molar-refractivity contribution in [3.05, 3.63) is 108 Å². The first-order chi connectivity index (χ1) is 25.6. The molecule has 4 aromatic carbocycles. The number of amides is 2. The number of fused-ring (bicyclic) bond motifs is 3. The highest BCUT2D eigenvalue weighted by molar-refractivity contribution is 8.08. The van der Waals surface area contributed by atoms with Gasteiger partial charge in [0.15, 0.2) is 0 Å². The van der Waals surface area contributed by atoms with E-state index >= 15 is 0 Å². The number of imidazole rings is 2. The number of ether oxygens (including phenoxy) is 2. The average molecular weight is 727 g/mol. The van der Waals surface area contributed by atoms with Crippen LogP contribution < -0.4 is 0 Å². The Morgan fingerprint density at radius 3 is 2.42 bits per heavy atom. The van der Waals surface area contributed by atoms with E-state index in [9.17, 15) is 9.59 Å². The fourth-order valence-corrected chi connectivity index (χ4v) is 9.27. The predicted molar refractivity (Wildman–Crippen MR) is 207 cm³/mol. The summed E-state index contributed by atoms with van der Waals surface area (Å²) in [5.41, 5.74) is 6.53. The molecule has 0 spiro atoms. The van der Waals surface area contributed by atoms with Gasteiger partial charge in [0.05, 0.1) is 29.0 Å². The molecule has 2 amide bonds. The lowest BCUT2D eigenvalue weighted by Crippen LogP contribution is -2.42. The van der Waals surface area contributed by atoms with Crippen molar-refractivity contribution in [3.8, 4) is 22.4 Å². The number of hydrogen-bond donors (Lipinski definition) is 2. The zero-order valence-corrected chi connectivity index (χ0v) is 30.9. The highest BCUT2D eigenvalue weighted by Gasteiger charge is 2.64. The number of nitrogens with one attached hydrogen (secondary N) is 2. The number of carbonyl (C=O) groups excluding carboxylic acids is 2. The molecule has 0 saturated carbocycles. The molecular weight excluding hydrogens is 685 g/mol. The lowest BCUT2D eigenvalue weighted by atomic mass is 9.97. The number of nitrogens with zero attached hydrogens (tertiary/aromatic N) is 4. The van der Waals surface area contributed by atoms with E-state index < -0.39 is 5.60 Å². The van der Waals surface area contributed by atoms with Crippen molar-refractivity contribution in [3.63, 3.8) is 0 Å². The Morgan fingerprint density at radius 1 is 0.868 bits per heavy atom. The van der Waals surface area contributed by atoms with E-state index in [2.05, 4.69) is 64.6 Å². The van der Waals surface area contributed by atoms with Gasteiger partial charge in [0.1, 0.15) is 34.0 Å². The highest BCUT2D eigenvalue weighted by Crippen LogP contribution is 2.66. The molecule has 53 heavy (non-hydrogen) atoms. The van der Waals surface area contributed by atoms with Crippen LogP contribution in [0.25, 0.3) is 44.2 Å². The zero-order valence-electron chi connectivity index (χ0n) is 30.1. The number of H-pyrrole nitrogens is 2. The molecule has 3 atom stereocenters. The maximum absolute atomic E-state index is 13.1. The summed E-state index contributed by atoms with van der Waals surface area (Å²) in [4.78, 5) is 46.5. The first-order valence-electron chi connectivity index (χ1n) is 18.4. The summed E-state index contributed by atoms with van der Waals surface area (Å²) >= 11 is 1.79. The second-order valence-corrected chi connectivity index (χ2v) is 16.7. The molecule has 10 nitrogen and oxygen atoms in total. The largest absolute Gasteiger partial charge is 0.445 e. The number of hydrogen-bond acceptors (Lipinski definition) is 7. The van der Waals surface area contributed by atoms with Gasteiger partial charge in [-0.05, 0) is 98.2 Å². The van der Waals surface area contributed by atoms with Crippen LogP contribution in [0.4, 0.5) is 9.59 Å². The SMILES string of the molecule is CC(C)(C)OC(=O)N1CCC[C@H]1c1ncc(-c2ccc3cc(-c4ccc5nc([C@@]67CCCN(C(=O)OCc8ccccc8)C6S7)[nH]c5c4)ccc3c2)[nH]1. The van der Waals surface area contributed by atoms with E-state index in [1.807, 2.05) is 62.2 Å². The molecular formula is C42H42N6O4S. The smallest absolute Gasteiger partial charge is 0.411 e. The third-order valence-electron chi connectivity index (χ3n) is 10.5. The van der Waals surface area contributed by atoms with E-state index in [0.717, 1.165) is 87.1 Å². The Hall–Kier alpha value is -5.29. The molecule has 3 aliphatic rings. The lowest BCUT2D eigenvalue weighted by Gasteiger charge is -2.28. The molecule has 9 rings (SSSR count). The second-order valence-electron chi connectivity index (χ2n) is 15.3. The quantitative estimate of drug-likeness (QED) is 0.164. The van der Waals surface area contributed by atoms with Gasteiger partial charge < -0.3 is 19.4 Å². The summed E-state index contributed by atoms with van der Waals surface area (Å²) in [6.45, 7) is 7.29. The molecule has 270 valence electrons. The molecule has 6 aromatic rings. The third kappa shape index (κ3) is 6.41. The fourth-order valence-electron chi connectivity index (χ4n) is 7.80. The van der Waals surface area contributed by atoms with Crippen LogP contribution in [0.1, 0.15) is 69.7 Å². The maximum atomic E-state index is 13.1. The minimum atomic E-state index is -0.543. The molecule has 2 aromatic heterocycles. The van der Waals surface area contributed by atoms with Crippen LogP contribution >= 0.6 is 11.8 Å². The lowest BCUT2D eigenvalue weighted by molar-refractivity contribution is 0.0218. The molecule has 2 N–H and O–H groups in total. The van der Waals surface area contributed by atoms with Gasteiger partial charge in [0, 0.05) is 18.7 Å². The van der Waals surface area contributed by atoms with Crippen molar-refractivity contribution in [1.29, 1.82) is 0 Å². The second kappa shape index (κ2) is 13.0. The molecule has 11 heteroatoms. The monoisotopic (exact) mass is 726 g/mol. The topological polar surface area (TPSA) is 116 Å². The number of thioether (sulfide) groups is 1. The molecule has 1 unspecified atom stereocenters. The number of piperidine rings is 1. The fraction of sp³-hybridized carbons (Fsp3) is 0.333. The first kappa shape index (κ1) is 33.5. The van der Waals surface area contributed by atoms with Crippen molar-refractivity contribution in [2.24, 2.45) is 0 Å². The number of likely N-dealkylation sites (tertiary alicyclic amines) is 2. The Labute approximate surface area is 312 Å². The van der Waals surface area contributed by atoms with Crippen LogP contribution in [0.5, 0.6) is 0 Å². The normalized spacial score (nSPS) is 21.2. The number of aromatic nitrogens is 4. The Bertz CT molecular complexity index is 2350. The minimum absolute atomic E-state index is 0.0212. The van der Waals surface area contributed by atoms with Gasteiger partial charge in [0.2, 0.25) is 0 Å². The summed E-state index contributed by atoms with van der Waals surface area (Å²) in [6, 6.07) is 29.0. The van der Waals surface area contributed by atoms with E-state index in [0.29, 0.717) is 13.1 Å². The van der Waals surface area contributed by atoms with Gasteiger partial charge in [-0.1, -0.05) is 60.7 Å². The number of aromatic amines is 2. The van der Waals surface area contributed by atoms with Gasteiger partial charge in [0.25, 0.3) is 0 Å². The van der Waals surface area contributed by atoms with Gasteiger partial charge in [-0.25, -0.2) is 19.6 Å². The van der Waals surface area contributed by atoms with Gasteiger partial charge in [-0.2, -0.15) is 0 Å². The van der Waals surface area contributed by atoms with Crippen LogP contribution in [-0.2, 0) is 20.8 Å². The van der Waals surface area contributed by atoms with Crippen molar-refractivity contribution < 1.29 is 19.1 Å². The number of benzene rings is 4. The standard InChI is InChI=1S/C42H42N6O4S/c1-41(2,3)52-40(50)47-19-7-11-35(47)36-43-24-34(44-36)31-15-14-27-21-28(12-13-29(27)22-31)30-16-17-32-33(23-30)46-37(45-32)42-18-8-20-48(38(42)53-42)39(49)51-25-26-9-5-4-6-10-26/h4-6,9-10,12-17,21-24,35,38H,7-8,11,18-20,25H2,1-3H3,(H,43,44)(H,45,46)/t35-,38?,42-/m0/s1. The molecule has 0 radical (unpaired) electrons. The molecule has 0 bridgehead atoms. The minimum Gasteiger partial charge on any atom is -0.445 e. The Balaban J connectivity index is 0.901. The summed E-state index contributed by atoms with van der Waals surface area (Å²) in [7, 11) is 0. The van der Waals surface area contributed by atoms with Crippen molar-refractivity contribution in [2.45, 2.75) is 74.8 Å². The number of carbonyl (C=O) groups is 2. The maximum Gasteiger partial charge on any atom is 0.411 e. The molecule has 3 fully saturated rings. The Kier molecular flexibility index (Phi) is 8.21. The van der Waals surface area contributed by atoms with Crippen LogP contribution in [0.3, 0.4) is 0 Å². The van der Waals surface area contributed by atoms with Crippen LogP contribution in [0.2, 0.25) is 0 Å². The van der Waals surface area contributed by atoms with Crippen LogP contribution in [-0.4, -0.2) is 66.0 Å². The molecule has 0 aliphatic carbocycles. The van der Waals surface area contributed by atoms with E-state index in [-0.39, 0.29) is 35.0 Å². The van der Waals surface area contributed by atoms with Gasteiger partial charge in [-0.3, -0.25) is 9.80 Å². The number of rotatable bonds is 6. The van der Waals surface area contributed by atoms with Crippen LogP contribution in [0, 0.1) is 0 Å². The van der Waals surface area contributed by atoms with Crippen molar-refractivity contribution >= 4 is 45.8 Å². The summed E-state index contributed by atoms with van der Waals surface area (Å²) < 4.78 is 11.1. The van der Waals surface area contributed by atoms with E-state index in [1.54, 1.807) is 16.7 Å². The molecule has 5 heterocycles. The third-order valence-corrected chi connectivity index (χ3v) is 12.2. The average Bonchev–Trinajstić information content (AvgIpc) is 3.53. The van der Waals surface area contributed by atoms with Crippen LogP contribution in [0.15, 0.2) is 91.1 Å². The summed E-state index contributed by atoms with van der Waals surface area (Å²) in [5.74, 6) is 1.72. The first-order valence-corrected chi connectivity index (χ1v) is 19.3. The van der Waals surface area contributed by atoms with Gasteiger partial charge in [-0.15, -0.1) is 11.8 Å². The van der Waals surface area contributed by atoms with E-state index in [4.69, 9.17) is 19.4 Å².